The van der Waals surface area contributed by atoms with Crippen molar-refractivity contribution in [1.29, 1.82) is 0 Å². The van der Waals surface area contributed by atoms with Gasteiger partial charge >= 0.3 is 22.5 Å². The summed E-state index contributed by atoms with van der Waals surface area (Å²) in [5.41, 5.74) is -0.984. The molecule has 4 heterocycles. The van der Waals surface area contributed by atoms with Crippen LogP contribution in [0.1, 0.15) is 149 Å². The van der Waals surface area contributed by atoms with Gasteiger partial charge < -0.3 is 19.0 Å². The summed E-state index contributed by atoms with van der Waals surface area (Å²) in [7, 11) is -4.61. The van der Waals surface area contributed by atoms with Crippen molar-refractivity contribution in [2.24, 2.45) is 11.8 Å². The number of ether oxygens (including phenoxy) is 1. The number of nitrogens with zero attached hydrogens (tertiary/aromatic N) is 6. The molecule has 3 aliphatic heterocycles. The fraction of sp³-hybridized carbons (Fsp3) is 0.882. The van der Waals surface area contributed by atoms with Gasteiger partial charge in [-0.15, -0.1) is 14.5 Å². The Kier molecular flexibility index (Phi) is 11.9. The lowest BCUT2D eigenvalue weighted by Crippen LogP contribution is -2.51. The Morgan fingerprint density at radius 2 is 1.53 bits per heavy atom. The minimum atomic E-state index is -4.61. The number of unbranched alkanes of at least 4 members (excludes halogenated alkanes) is 3. The number of fused-ring (bicyclic) bond motifs is 3. The van der Waals surface area contributed by atoms with Crippen LogP contribution in [-0.2, 0) is 23.7 Å². The maximum absolute atomic E-state index is 13.7. The Bertz CT molecular complexity index is 1380. The molecule has 14 nitrogen and oxygen atoms in total. The van der Waals surface area contributed by atoms with Crippen LogP contribution >= 0.6 is 0 Å². The van der Waals surface area contributed by atoms with Gasteiger partial charge in [0.2, 0.25) is 11.8 Å². The Morgan fingerprint density at radius 3 is 2.12 bits per heavy atom. The van der Waals surface area contributed by atoms with E-state index in [2.05, 4.69) is 37.9 Å². The third-order valence-electron chi connectivity index (χ3n) is 10.5. The van der Waals surface area contributed by atoms with Crippen LogP contribution in [0.5, 0.6) is 0 Å². The van der Waals surface area contributed by atoms with Gasteiger partial charge in [0.15, 0.2) is 0 Å². The summed E-state index contributed by atoms with van der Waals surface area (Å²) in [6.45, 7) is 15.9. The van der Waals surface area contributed by atoms with Gasteiger partial charge in [0.25, 0.3) is 0 Å². The topological polar surface area (TPSA) is 148 Å². The van der Waals surface area contributed by atoms with Crippen LogP contribution in [0.15, 0.2) is 4.42 Å². The molecule has 0 N–H and O–H groups in total. The molecule has 1 aromatic heterocycles. The van der Waals surface area contributed by atoms with E-state index >= 15 is 0 Å². The Morgan fingerprint density at radius 1 is 0.898 bits per heavy atom. The van der Waals surface area contributed by atoms with E-state index in [1.54, 1.807) is 14.9 Å². The molecule has 15 heteroatoms. The molecule has 1 aliphatic carbocycles. The number of amides is 3. The predicted octanol–water partition coefficient (Wildman–Crippen LogP) is 6.72. The lowest BCUT2D eigenvalue weighted by atomic mass is 9.82. The van der Waals surface area contributed by atoms with Gasteiger partial charge in [-0.05, 0) is 71.1 Å². The summed E-state index contributed by atoms with van der Waals surface area (Å²) in [6.07, 6.45) is 9.67. The zero-order valence-electron chi connectivity index (χ0n) is 30.6. The summed E-state index contributed by atoms with van der Waals surface area (Å²) in [5.74, 6) is 1.38. The maximum atomic E-state index is 13.7. The molecule has 2 bridgehead atoms. The van der Waals surface area contributed by atoms with Gasteiger partial charge in [-0.2, -0.15) is 22.8 Å². The molecule has 1 saturated carbocycles. The molecule has 0 aromatic carbocycles. The number of hydrogen-bond acceptors (Lipinski definition) is 11. The monoisotopic (exact) mass is 710 g/mol. The van der Waals surface area contributed by atoms with Gasteiger partial charge in [0, 0.05) is 37.6 Å². The zero-order chi connectivity index (χ0) is 35.6. The van der Waals surface area contributed by atoms with Crippen LogP contribution in [0, 0.1) is 11.8 Å². The average Bonchev–Trinajstić information content (AvgIpc) is 3.38. The highest BCUT2D eigenvalue weighted by Gasteiger charge is 2.60. The molecule has 3 amide bonds. The number of urea groups is 1. The van der Waals surface area contributed by atoms with Crippen molar-refractivity contribution in [3.8, 4) is 0 Å². The molecule has 1 aromatic rings. The molecule has 5 rings (SSSR count). The molecule has 4 fully saturated rings. The molecule has 5 atom stereocenters. The van der Waals surface area contributed by atoms with Gasteiger partial charge in [0.1, 0.15) is 11.6 Å². The number of hydroxylamine groups is 4. The van der Waals surface area contributed by atoms with Crippen molar-refractivity contribution in [2.45, 2.75) is 155 Å². The number of piperidine rings is 2. The lowest BCUT2D eigenvalue weighted by molar-refractivity contribution is -0.172. The molecule has 3 saturated heterocycles. The summed E-state index contributed by atoms with van der Waals surface area (Å²) in [5, 5.41) is 11.3. The van der Waals surface area contributed by atoms with Gasteiger partial charge in [-0.1, -0.05) is 66.2 Å². The molecule has 0 spiro atoms. The minimum absolute atomic E-state index is 0.0674. The van der Waals surface area contributed by atoms with Crippen LogP contribution < -0.4 is 0 Å². The van der Waals surface area contributed by atoms with Crippen LogP contribution in [0.25, 0.3) is 0 Å². The normalized spacial score (nSPS) is 25.4. The average molecular weight is 711 g/mol. The number of likely N-dealkylation sites (tertiary alicyclic amines) is 1. The Balaban J connectivity index is 1.23. The molecular weight excluding hydrogens is 652 g/mol. The van der Waals surface area contributed by atoms with Crippen LogP contribution in [0.4, 0.5) is 9.59 Å². The first-order valence-corrected chi connectivity index (χ1v) is 19.9. The molecule has 4 aliphatic rings. The van der Waals surface area contributed by atoms with E-state index in [0.29, 0.717) is 44.3 Å². The van der Waals surface area contributed by atoms with Crippen molar-refractivity contribution in [3.63, 3.8) is 0 Å². The highest BCUT2D eigenvalue weighted by molar-refractivity contribution is 7.81. The fourth-order valence-electron chi connectivity index (χ4n) is 7.97. The minimum Gasteiger partial charge on any atom is -0.444 e. The third-order valence-corrected chi connectivity index (χ3v) is 11.2. The molecule has 278 valence electrons. The molecular formula is C34H58N6O8S. The van der Waals surface area contributed by atoms with Crippen molar-refractivity contribution in [2.75, 3.05) is 26.2 Å². The summed E-state index contributed by atoms with van der Waals surface area (Å²) in [6, 6.07) is -1.50. The van der Waals surface area contributed by atoms with E-state index in [1.807, 2.05) is 20.8 Å². The van der Waals surface area contributed by atoms with Crippen molar-refractivity contribution in [1.82, 2.24) is 30.1 Å². The Labute approximate surface area is 292 Å². The predicted molar refractivity (Wildman–Crippen MR) is 181 cm³/mol. The summed E-state index contributed by atoms with van der Waals surface area (Å²) >= 11 is 0. The second kappa shape index (κ2) is 15.4. The van der Waals surface area contributed by atoms with E-state index in [4.69, 9.17) is 17.7 Å². The number of hydrogen-bond donors (Lipinski definition) is 0. The smallest absolute Gasteiger partial charge is 0.437 e. The van der Waals surface area contributed by atoms with Gasteiger partial charge in [-0.3, -0.25) is 0 Å². The highest BCUT2D eigenvalue weighted by Crippen LogP contribution is 2.58. The van der Waals surface area contributed by atoms with E-state index in [0.717, 1.165) is 69.3 Å². The van der Waals surface area contributed by atoms with Gasteiger partial charge in [-0.25, -0.2) is 9.59 Å². The SMILES string of the molecule is CCCCN(OS(=O)(=O)ON1C(=O)N2C[C@@H]1CC[C@H]2c1nnc(C2[C@H]3CN(C(=O)OC(C)(C)C)C[C@@H]23)o1)C(CCC)(CCCC)CCCC. The van der Waals surface area contributed by atoms with E-state index in [1.165, 1.54) is 0 Å². The van der Waals surface area contributed by atoms with Crippen molar-refractivity contribution < 1.29 is 35.7 Å². The zero-order valence-corrected chi connectivity index (χ0v) is 31.4. The fourth-order valence-corrected chi connectivity index (χ4v) is 8.84. The number of aromatic nitrogens is 2. The van der Waals surface area contributed by atoms with Crippen LogP contribution in [0.2, 0.25) is 0 Å². The molecule has 0 radical (unpaired) electrons. The first-order chi connectivity index (χ1) is 23.3. The lowest BCUT2D eigenvalue weighted by Gasteiger charge is -2.43. The Hall–Kier alpha value is -2.49. The van der Waals surface area contributed by atoms with Crippen molar-refractivity contribution in [3.05, 3.63) is 11.8 Å². The molecule has 49 heavy (non-hydrogen) atoms. The quantitative estimate of drug-likeness (QED) is 0.150. The van der Waals surface area contributed by atoms with Crippen molar-refractivity contribution >= 4 is 22.5 Å². The van der Waals surface area contributed by atoms with Crippen LogP contribution in [-0.4, -0.2) is 94.0 Å². The van der Waals surface area contributed by atoms with E-state index in [9.17, 15) is 18.0 Å². The second-order valence-corrected chi connectivity index (χ2v) is 16.5. The van der Waals surface area contributed by atoms with Gasteiger partial charge in [0.05, 0.1) is 6.04 Å². The van der Waals surface area contributed by atoms with E-state index < -0.39 is 39.7 Å². The van der Waals surface area contributed by atoms with E-state index in [-0.39, 0.29) is 30.4 Å². The first-order valence-electron chi connectivity index (χ1n) is 18.6. The first kappa shape index (κ1) is 37.8. The number of rotatable bonds is 18. The van der Waals surface area contributed by atoms with Crippen LogP contribution in [0.3, 0.4) is 0 Å². The highest BCUT2D eigenvalue weighted by atomic mass is 32.3. The number of carbonyl (C=O) groups excluding carboxylic acids is 2. The maximum Gasteiger partial charge on any atom is 0.437 e. The second-order valence-electron chi connectivity index (χ2n) is 15.4. The summed E-state index contributed by atoms with van der Waals surface area (Å²) < 4.78 is 50.2. The third kappa shape index (κ3) is 8.53. The molecule has 1 unspecified atom stereocenters. The number of carbonyl (C=O) groups is 2. The summed E-state index contributed by atoms with van der Waals surface area (Å²) in [4.78, 5) is 29.4. The largest absolute Gasteiger partial charge is 0.444 e. The standard InChI is InChI=1S/C34H58N6O8S/c1-8-12-18-34(17-11-4,19-13-9-2)39(20-14-10-3)47-49(43,44)48-40-24-15-16-27(38(21-24)31(40)41)29-35-36-30(45-29)28-25-22-37(23-26(25)28)32(42)46-33(5,6)7/h24-28H,8-23H2,1-7H3/t24-,25-,26+,27-,28?/m0/s1.